The van der Waals surface area contributed by atoms with E-state index in [4.69, 9.17) is 4.74 Å². The van der Waals surface area contributed by atoms with Gasteiger partial charge in [-0.05, 0) is 31.6 Å². The second-order valence-corrected chi connectivity index (χ2v) is 5.51. The van der Waals surface area contributed by atoms with Crippen molar-refractivity contribution >= 4 is 23.6 Å². The summed E-state index contributed by atoms with van der Waals surface area (Å²) in [5.74, 6) is -0.503. The minimum absolute atomic E-state index is 0.0395. The van der Waals surface area contributed by atoms with Gasteiger partial charge in [0.15, 0.2) is 5.70 Å². The van der Waals surface area contributed by atoms with Gasteiger partial charge in [0.2, 0.25) is 5.90 Å². The van der Waals surface area contributed by atoms with Crippen molar-refractivity contribution in [3.63, 3.8) is 0 Å². The first kappa shape index (κ1) is 15.6. The van der Waals surface area contributed by atoms with Crippen LogP contribution in [-0.4, -0.2) is 16.8 Å². The van der Waals surface area contributed by atoms with Gasteiger partial charge in [-0.25, -0.2) is 9.79 Å². The van der Waals surface area contributed by atoms with Crippen molar-refractivity contribution in [2.24, 2.45) is 4.99 Å². The molecule has 1 aliphatic heterocycles. The quantitative estimate of drug-likeness (QED) is 0.374. The number of nitrogens with zero attached hydrogens (tertiary/aromatic N) is 2. The van der Waals surface area contributed by atoms with Crippen LogP contribution in [0.15, 0.2) is 53.2 Å². The van der Waals surface area contributed by atoms with E-state index < -0.39 is 10.9 Å². The molecule has 1 aliphatic rings. The first-order valence-corrected chi connectivity index (χ1v) is 7.29. The van der Waals surface area contributed by atoms with Crippen molar-refractivity contribution in [2.45, 2.75) is 13.8 Å². The third-order valence-corrected chi connectivity index (χ3v) is 3.62. The summed E-state index contributed by atoms with van der Waals surface area (Å²) in [6.07, 6.45) is 1.63. The lowest BCUT2D eigenvalue weighted by Crippen LogP contribution is -2.06. The Morgan fingerprint density at radius 1 is 1.17 bits per heavy atom. The first-order valence-electron chi connectivity index (χ1n) is 7.29. The predicted octanol–water partition coefficient (Wildman–Crippen LogP) is 3.56. The van der Waals surface area contributed by atoms with Gasteiger partial charge in [0.25, 0.3) is 5.69 Å². The molecule has 2 aromatic rings. The van der Waals surface area contributed by atoms with E-state index in [0.29, 0.717) is 11.1 Å². The third-order valence-electron chi connectivity index (χ3n) is 3.62. The fraction of sp³-hybridized carbons (Fsp3) is 0.111. The summed E-state index contributed by atoms with van der Waals surface area (Å²) >= 11 is 0. The van der Waals surface area contributed by atoms with E-state index >= 15 is 0 Å². The SMILES string of the molecule is Cc1cccc(C=C2N=C(c3ccc(C)c([N+](=O)[O-])c3)OC2=O)c1. The maximum Gasteiger partial charge on any atom is 0.363 e. The van der Waals surface area contributed by atoms with E-state index in [1.165, 1.54) is 6.07 Å². The van der Waals surface area contributed by atoms with Gasteiger partial charge in [-0.15, -0.1) is 0 Å². The highest BCUT2D eigenvalue weighted by Gasteiger charge is 2.25. The Labute approximate surface area is 138 Å². The monoisotopic (exact) mass is 322 g/mol. The zero-order chi connectivity index (χ0) is 17.3. The van der Waals surface area contributed by atoms with Crippen LogP contribution >= 0.6 is 0 Å². The Morgan fingerprint density at radius 2 is 1.96 bits per heavy atom. The molecule has 0 spiro atoms. The van der Waals surface area contributed by atoms with Crippen LogP contribution in [0.25, 0.3) is 6.08 Å². The van der Waals surface area contributed by atoms with Gasteiger partial charge in [0.1, 0.15) is 0 Å². The standard InChI is InChI=1S/C18H14N2O4/c1-11-4-3-5-13(8-11)9-15-18(21)24-17(19-15)14-7-6-12(2)16(10-14)20(22)23/h3-10H,1-2H3. The number of esters is 1. The number of cyclic esters (lactones) is 1. The lowest BCUT2D eigenvalue weighted by molar-refractivity contribution is -0.385. The molecule has 0 N–H and O–H groups in total. The molecule has 0 saturated carbocycles. The molecule has 6 heteroatoms. The van der Waals surface area contributed by atoms with Crippen LogP contribution in [-0.2, 0) is 9.53 Å². The molecule has 0 atom stereocenters. The number of carbonyl (C=O) groups is 1. The lowest BCUT2D eigenvalue weighted by atomic mass is 10.1. The molecule has 3 rings (SSSR count). The molecule has 0 bridgehead atoms. The molecule has 0 aromatic heterocycles. The third kappa shape index (κ3) is 3.08. The zero-order valence-corrected chi connectivity index (χ0v) is 13.1. The van der Waals surface area contributed by atoms with Crippen molar-refractivity contribution < 1.29 is 14.5 Å². The highest BCUT2D eigenvalue weighted by atomic mass is 16.6. The molecule has 0 aliphatic carbocycles. The molecule has 0 amide bonds. The molecular formula is C18H14N2O4. The van der Waals surface area contributed by atoms with Crippen molar-refractivity contribution in [3.8, 4) is 0 Å². The second kappa shape index (κ2) is 6.08. The summed E-state index contributed by atoms with van der Waals surface area (Å²) in [5.41, 5.74) is 2.95. The molecule has 1 heterocycles. The van der Waals surface area contributed by atoms with Gasteiger partial charge >= 0.3 is 5.97 Å². The molecule has 0 fully saturated rings. The average molecular weight is 322 g/mol. The summed E-state index contributed by atoms with van der Waals surface area (Å²) < 4.78 is 5.16. The molecular weight excluding hydrogens is 308 g/mol. The number of aryl methyl sites for hydroxylation is 2. The van der Waals surface area contributed by atoms with Crippen molar-refractivity contribution in [1.29, 1.82) is 0 Å². The minimum atomic E-state index is -0.574. The number of hydrogen-bond acceptors (Lipinski definition) is 5. The Bertz CT molecular complexity index is 913. The predicted molar refractivity (Wildman–Crippen MR) is 89.6 cm³/mol. The Kier molecular flexibility index (Phi) is 3.95. The van der Waals surface area contributed by atoms with Crippen LogP contribution in [0.2, 0.25) is 0 Å². The normalized spacial score (nSPS) is 15.3. The number of benzene rings is 2. The van der Waals surface area contributed by atoms with Gasteiger partial charge in [0.05, 0.1) is 4.92 Å². The maximum atomic E-state index is 12.0. The molecule has 0 radical (unpaired) electrons. The van der Waals surface area contributed by atoms with Crippen LogP contribution in [0.4, 0.5) is 5.69 Å². The van der Waals surface area contributed by atoms with Crippen LogP contribution in [0.1, 0.15) is 22.3 Å². The van der Waals surface area contributed by atoms with Crippen LogP contribution in [0, 0.1) is 24.0 Å². The summed E-state index contributed by atoms with van der Waals surface area (Å²) in [6.45, 7) is 3.60. The van der Waals surface area contributed by atoms with Crippen molar-refractivity contribution in [2.75, 3.05) is 0 Å². The number of nitro benzene ring substituents is 1. The molecule has 24 heavy (non-hydrogen) atoms. The smallest absolute Gasteiger partial charge is 0.363 e. The van der Waals surface area contributed by atoms with Gasteiger partial charge in [-0.1, -0.05) is 35.9 Å². The lowest BCUT2D eigenvalue weighted by Gasteiger charge is -2.01. The van der Waals surface area contributed by atoms with E-state index in [1.54, 1.807) is 25.1 Å². The molecule has 0 unspecified atom stereocenters. The second-order valence-electron chi connectivity index (χ2n) is 5.51. The number of carbonyl (C=O) groups excluding carboxylic acids is 1. The van der Waals surface area contributed by atoms with Crippen molar-refractivity contribution in [1.82, 2.24) is 0 Å². The van der Waals surface area contributed by atoms with Gasteiger partial charge in [0, 0.05) is 17.2 Å². The van der Waals surface area contributed by atoms with Crippen LogP contribution < -0.4 is 0 Å². The fourth-order valence-corrected chi connectivity index (χ4v) is 2.39. The summed E-state index contributed by atoms with van der Waals surface area (Å²) in [4.78, 5) is 26.7. The topological polar surface area (TPSA) is 81.8 Å². The molecule has 120 valence electrons. The number of rotatable bonds is 3. The average Bonchev–Trinajstić information content (AvgIpc) is 2.88. The van der Waals surface area contributed by atoms with E-state index in [0.717, 1.165) is 11.1 Å². The molecule has 6 nitrogen and oxygen atoms in total. The van der Waals surface area contributed by atoms with E-state index in [2.05, 4.69) is 4.99 Å². The van der Waals surface area contributed by atoms with Gasteiger partial charge in [-0.3, -0.25) is 10.1 Å². The van der Waals surface area contributed by atoms with Gasteiger partial charge < -0.3 is 4.74 Å². The molecule has 0 saturated heterocycles. The fourth-order valence-electron chi connectivity index (χ4n) is 2.39. The molecule has 2 aromatic carbocycles. The summed E-state index contributed by atoms with van der Waals surface area (Å²) in [7, 11) is 0. The first-order chi connectivity index (χ1) is 11.4. The Balaban J connectivity index is 1.98. The van der Waals surface area contributed by atoms with E-state index in [9.17, 15) is 14.9 Å². The number of ether oxygens (including phenoxy) is 1. The Morgan fingerprint density at radius 3 is 2.67 bits per heavy atom. The maximum absolute atomic E-state index is 12.0. The largest absolute Gasteiger partial charge is 0.402 e. The number of aliphatic imine (C=N–C) groups is 1. The zero-order valence-electron chi connectivity index (χ0n) is 13.1. The summed E-state index contributed by atoms with van der Waals surface area (Å²) in [5, 5.41) is 11.0. The highest BCUT2D eigenvalue weighted by Crippen LogP contribution is 2.24. The van der Waals surface area contributed by atoms with Crippen LogP contribution in [0.3, 0.4) is 0 Å². The van der Waals surface area contributed by atoms with Crippen LogP contribution in [0.5, 0.6) is 0 Å². The highest BCUT2D eigenvalue weighted by molar-refractivity contribution is 6.13. The number of nitro groups is 1. The van der Waals surface area contributed by atoms with Gasteiger partial charge in [-0.2, -0.15) is 0 Å². The van der Waals surface area contributed by atoms with Crippen molar-refractivity contribution in [3.05, 3.63) is 80.5 Å². The van der Waals surface area contributed by atoms with E-state index in [1.807, 2.05) is 31.2 Å². The summed E-state index contributed by atoms with van der Waals surface area (Å²) in [6, 6.07) is 12.2. The number of hydrogen-bond donors (Lipinski definition) is 0. The van der Waals surface area contributed by atoms with E-state index in [-0.39, 0.29) is 17.3 Å². The minimum Gasteiger partial charge on any atom is -0.402 e. The Hall–Kier alpha value is -3.28.